The fourth-order valence-electron chi connectivity index (χ4n) is 1.64. The van der Waals surface area contributed by atoms with Crippen LogP contribution in [0.3, 0.4) is 0 Å². The first-order valence-electron chi connectivity index (χ1n) is 4.51. The van der Waals surface area contributed by atoms with Crippen LogP contribution in [0.2, 0.25) is 0 Å². The van der Waals surface area contributed by atoms with E-state index in [2.05, 4.69) is 0 Å². The maximum atomic E-state index is 10.5. The summed E-state index contributed by atoms with van der Waals surface area (Å²) >= 11 is 0. The molecule has 1 aromatic carbocycles. The standard InChI is InChI=1S/C10H8O5.Na/c11-10(12)9-8(15-9)5-1-2-6-7(3-5)14-4-13-6;/h1-3,8-9H,4H2,(H,11,12);/q;+1/p-1. The molecule has 78 valence electrons. The van der Waals surface area contributed by atoms with Crippen molar-refractivity contribution in [2.75, 3.05) is 6.79 Å². The third-order valence-electron chi connectivity index (χ3n) is 2.45. The monoisotopic (exact) mass is 230 g/mol. The molecule has 2 aliphatic rings. The summed E-state index contributed by atoms with van der Waals surface area (Å²) in [6.45, 7) is 0.203. The first kappa shape index (κ1) is 11.7. The van der Waals surface area contributed by atoms with Crippen LogP contribution < -0.4 is 44.1 Å². The second-order valence-corrected chi connectivity index (χ2v) is 3.41. The zero-order valence-corrected chi connectivity index (χ0v) is 10.6. The van der Waals surface area contributed by atoms with Crippen LogP contribution >= 0.6 is 0 Å². The summed E-state index contributed by atoms with van der Waals surface area (Å²) in [4.78, 5) is 10.5. The molecule has 3 rings (SSSR count). The molecule has 5 nitrogen and oxygen atoms in total. The van der Waals surface area contributed by atoms with Crippen molar-refractivity contribution in [2.45, 2.75) is 12.2 Å². The third-order valence-corrected chi connectivity index (χ3v) is 2.45. The molecule has 0 bridgehead atoms. The summed E-state index contributed by atoms with van der Waals surface area (Å²) < 4.78 is 15.3. The SMILES string of the molecule is O=C([O-])C1OC1c1ccc2c(c1)OCO2.[Na+]. The molecule has 0 amide bonds. The van der Waals surface area contributed by atoms with Crippen LogP contribution in [0.5, 0.6) is 11.5 Å². The summed E-state index contributed by atoms with van der Waals surface area (Å²) in [5.74, 6) is 0.113. The van der Waals surface area contributed by atoms with Gasteiger partial charge in [0.2, 0.25) is 6.79 Å². The van der Waals surface area contributed by atoms with E-state index in [9.17, 15) is 9.90 Å². The largest absolute Gasteiger partial charge is 1.00 e. The number of rotatable bonds is 2. The Morgan fingerprint density at radius 1 is 1.31 bits per heavy atom. The van der Waals surface area contributed by atoms with E-state index in [4.69, 9.17) is 14.2 Å². The molecule has 0 radical (unpaired) electrons. The first-order valence-corrected chi connectivity index (χ1v) is 4.51. The first-order chi connectivity index (χ1) is 7.25. The molecule has 0 saturated carbocycles. The van der Waals surface area contributed by atoms with Gasteiger partial charge < -0.3 is 24.1 Å². The quantitative estimate of drug-likeness (QED) is 0.391. The van der Waals surface area contributed by atoms with E-state index in [0.717, 1.165) is 5.56 Å². The number of aliphatic carboxylic acids is 1. The molecule has 0 spiro atoms. The fourth-order valence-corrected chi connectivity index (χ4v) is 1.64. The van der Waals surface area contributed by atoms with Crippen molar-refractivity contribution in [3.05, 3.63) is 23.8 Å². The molecule has 2 aliphatic heterocycles. The van der Waals surface area contributed by atoms with Crippen molar-refractivity contribution >= 4 is 5.97 Å². The molecule has 2 atom stereocenters. The predicted octanol–water partition coefficient (Wildman–Crippen LogP) is -3.39. The maximum absolute atomic E-state index is 10.5. The number of fused-ring (bicyclic) bond motifs is 1. The average molecular weight is 230 g/mol. The van der Waals surface area contributed by atoms with Gasteiger partial charge >= 0.3 is 29.6 Å². The van der Waals surface area contributed by atoms with Crippen molar-refractivity contribution in [3.63, 3.8) is 0 Å². The summed E-state index contributed by atoms with van der Waals surface area (Å²) in [5.41, 5.74) is 0.772. The molecule has 16 heavy (non-hydrogen) atoms. The van der Waals surface area contributed by atoms with Gasteiger partial charge in [-0.3, -0.25) is 0 Å². The Labute approximate surface area is 114 Å². The molecule has 0 aromatic heterocycles. The van der Waals surface area contributed by atoms with Crippen molar-refractivity contribution < 1.29 is 53.7 Å². The average Bonchev–Trinajstić information content (AvgIpc) is 2.89. The molecular formula is C10H7NaO5. The normalized spacial score (nSPS) is 24.8. The molecular weight excluding hydrogens is 223 g/mol. The minimum Gasteiger partial charge on any atom is -0.547 e. The molecule has 1 fully saturated rings. The second kappa shape index (κ2) is 4.25. The number of carboxylic acid groups (broad SMARTS) is 1. The van der Waals surface area contributed by atoms with Crippen LogP contribution in [0.25, 0.3) is 0 Å². The Bertz CT molecular complexity index is 433. The summed E-state index contributed by atoms with van der Waals surface area (Å²) in [6.07, 6.45) is -1.24. The van der Waals surface area contributed by atoms with Crippen molar-refractivity contribution in [1.29, 1.82) is 0 Å². The number of carboxylic acids is 1. The topological polar surface area (TPSA) is 71.1 Å². The fraction of sp³-hybridized carbons (Fsp3) is 0.300. The van der Waals surface area contributed by atoms with Crippen LogP contribution in [-0.2, 0) is 9.53 Å². The molecule has 6 heteroatoms. The zero-order valence-electron chi connectivity index (χ0n) is 8.64. The number of carbonyl (C=O) groups excluding carboxylic acids is 1. The molecule has 0 N–H and O–H groups in total. The van der Waals surface area contributed by atoms with Crippen LogP contribution in [0, 0.1) is 0 Å². The van der Waals surface area contributed by atoms with Gasteiger partial charge in [0.15, 0.2) is 11.5 Å². The number of carbonyl (C=O) groups is 1. The summed E-state index contributed by atoms with van der Waals surface area (Å²) in [6, 6.07) is 5.24. The predicted molar refractivity (Wildman–Crippen MR) is 45.2 cm³/mol. The van der Waals surface area contributed by atoms with E-state index in [-0.39, 0.29) is 36.4 Å². The van der Waals surface area contributed by atoms with E-state index in [1.807, 2.05) is 0 Å². The number of epoxide rings is 1. The van der Waals surface area contributed by atoms with Crippen molar-refractivity contribution in [2.24, 2.45) is 0 Å². The van der Waals surface area contributed by atoms with Crippen LogP contribution in [-0.4, -0.2) is 18.9 Å². The number of ether oxygens (including phenoxy) is 3. The third kappa shape index (κ3) is 1.91. The summed E-state index contributed by atoms with van der Waals surface area (Å²) in [5, 5.41) is 10.5. The van der Waals surface area contributed by atoms with E-state index in [0.29, 0.717) is 11.5 Å². The van der Waals surface area contributed by atoms with Crippen molar-refractivity contribution in [3.8, 4) is 11.5 Å². The van der Waals surface area contributed by atoms with Gasteiger partial charge in [-0.05, 0) is 17.7 Å². The molecule has 1 aromatic rings. The molecule has 1 saturated heterocycles. The Morgan fingerprint density at radius 3 is 2.75 bits per heavy atom. The number of hydrogen-bond donors (Lipinski definition) is 0. The van der Waals surface area contributed by atoms with Gasteiger partial charge in [0.05, 0.1) is 5.97 Å². The smallest absolute Gasteiger partial charge is 0.547 e. The van der Waals surface area contributed by atoms with E-state index >= 15 is 0 Å². The number of benzene rings is 1. The van der Waals surface area contributed by atoms with Crippen molar-refractivity contribution in [1.82, 2.24) is 0 Å². The van der Waals surface area contributed by atoms with Gasteiger partial charge in [-0.15, -0.1) is 0 Å². The van der Waals surface area contributed by atoms with Gasteiger partial charge in [-0.25, -0.2) is 0 Å². The Morgan fingerprint density at radius 2 is 2.06 bits per heavy atom. The second-order valence-electron chi connectivity index (χ2n) is 3.41. The summed E-state index contributed by atoms with van der Waals surface area (Å²) in [7, 11) is 0. The van der Waals surface area contributed by atoms with Gasteiger partial charge in [0, 0.05) is 0 Å². The van der Waals surface area contributed by atoms with Gasteiger partial charge in [-0.1, -0.05) is 6.07 Å². The Balaban J connectivity index is 0.000000963. The zero-order chi connectivity index (χ0) is 10.4. The van der Waals surface area contributed by atoms with Crippen LogP contribution in [0.15, 0.2) is 18.2 Å². The van der Waals surface area contributed by atoms with Crippen LogP contribution in [0.4, 0.5) is 0 Å². The Kier molecular flexibility index (Phi) is 3.12. The Hall–Kier alpha value is -0.750. The molecule has 2 unspecified atom stereocenters. The van der Waals surface area contributed by atoms with E-state index < -0.39 is 18.2 Å². The van der Waals surface area contributed by atoms with Crippen LogP contribution in [0.1, 0.15) is 11.7 Å². The molecule has 0 aliphatic carbocycles. The maximum Gasteiger partial charge on any atom is 1.00 e. The van der Waals surface area contributed by atoms with Gasteiger partial charge in [0.1, 0.15) is 12.2 Å². The number of hydrogen-bond acceptors (Lipinski definition) is 5. The molecule has 2 heterocycles. The van der Waals surface area contributed by atoms with E-state index in [1.54, 1.807) is 18.2 Å². The minimum atomic E-state index is -1.18. The van der Waals surface area contributed by atoms with Gasteiger partial charge in [-0.2, -0.15) is 0 Å². The van der Waals surface area contributed by atoms with E-state index in [1.165, 1.54) is 0 Å². The van der Waals surface area contributed by atoms with Gasteiger partial charge in [0.25, 0.3) is 0 Å². The minimum absolute atomic E-state index is 0.